The van der Waals surface area contributed by atoms with Crippen molar-refractivity contribution in [2.75, 3.05) is 22.1 Å². The van der Waals surface area contributed by atoms with Gasteiger partial charge >= 0.3 is 6.03 Å². The molecule has 152 valence electrons. The van der Waals surface area contributed by atoms with E-state index in [1.165, 1.54) is 0 Å². The van der Waals surface area contributed by atoms with E-state index in [1.807, 2.05) is 45.0 Å². The van der Waals surface area contributed by atoms with E-state index in [-0.39, 0.29) is 30.3 Å². The second-order valence-corrected chi connectivity index (χ2v) is 7.56. The van der Waals surface area contributed by atoms with Gasteiger partial charge in [0, 0.05) is 36.1 Å². The number of amides is 4. The molecule has 2 aromatic carbocycles. The van der Waals surface area contributed by atoms with Crippen molar-refractivity contribution in [2.24, 2.45) is 5.92 Å². The van der Waals surface area contributed by atoms with Gasteiger partial charge < -0.3 is 20.9 Å². The minimum absolute atomic E-state index is 0.0437. The average molecular weight is 394 g/mol. The summed E-state index contributed by atoms with van der Waals surface area (Å²) < 4.78 is 0. The topological polar surface area (TPSA) is 90.5 Å². The number of benzene rings is 2. The largest absolute Gasteiger partial charge is 0.336 e. The number of nitrogens with zero attached hydrogens (tertiary/aromatic N) is 1. The van der Waals surface area contributed by atoms with Crippen LogP contribution in [0.1, 0.15) is 25.8 Å². The summed E-state index contributed by atoms with van der Waals surface area (Å²) >= 11 is 0. The molecule has 3 N–H and O–H groups in total. The Hall–Kier alpha value is -3.35. The lowest BCUT2D eigenvalue weighted by atomic mass is 10.1. The maximum absolute atomic E-state index is 12.6. The fourth-order valence-corrected chi connectivity index (χ4v) is 3.17. The lowest BCUT2D eigenvalue weighted by Crippen LogP contribution is -2.34. The Morgan fingerprint density at radius 3 is 2.14 bits per heavy atom. The van der Waals surface area contributed by atoms with Gasteiger partial charge in [0.2, 0.25) is 11.8 Å². The third-order valence-electron chi connectivity index (χ3n) is 4.67. The normalized spacial score (nSPS) is 16.1. The summed E-state index contributed by atoms with van der Waals surface area (Å²) in [5.41, 5.74) is 3.18. The van der Waals surface area contributed by atoms with Crippen LogP contribution in [-0.4, -0.2) is 30.4 Å². The number of urea groups is 1. The number of aryl methyl sites for hydroxylation is 1. The van der Waals surface area contributed by atoms with Crippen LogP contribution in [0.25, 0.3) is 0 Å². The van der Waals surface area contributed by atoms with Crippen LogP contribution in [-0.2, 0) is 9.59 Å². The Bertz CT molecular complexity index is 891. The predicted molar refractivity (Wildman–Crippen MR) is 114 cm³/mol. The van der Waals surface area contributed by atoms with Gasteiger partial charge in [-0.2, -0.15) is 0 Å². The zero-order chi connectivity index (χ0) is 21.0. The molecule has 1 aliphatic rings. The molecule has 4 amide bonds. The minimum Gasteiger partial charge on any atom is -0.336 e. The number of nitrogens with one attached hydrogen (secondary N) is 3. The molecule has 0 bridgehead atoms. The first-order chi connectivity index (χ1) is 13.8. The number of rotatable bonds is 5. The van der Waals surface area contributed by atoms with Gasteiger partial charge in [0.05, 0.1) is 5.92 Å². The second-order valence-electron chi connectivity index (χ2n) is 7.56. The molecule has 1 fully saturated rings. The molecule has 1 heterocycles. The molecule has 0 saturated carbocycles. The summed E-state index contributed by atoms with van der Waals surface area (Å²) in [6.07, 6.45) is 0.189. The molecule has 29 heavy (non-hydrogen) atoms. The SMILES string of the molecule is Cc1ccc(N2CC(C(=O)Nc3ccc(NC(=O)NC(C)C)cc3)CC2=O)cc1. The highest BCUT2D eigenvalue weighted by atomic mass is 16.2. The van der Waals surface area contributed by atoms with Crippen molar-refractivity contribution in [3.8, 4) is 0 Å². The molecule has 1 saturated heterocycles. The zero-order valence-corrected chi connectivity index (χ0v) is 16.9. The van der Waals surface area contributed by atoms with Crippen molar-refractivity contribution in [1.82, 2.24) is 5.32 Å². The van der Waals surface area contributed by atoms with Gasteiger partial charge in [-0.25, -0.2) is 4.79 Å². The Kier molecular flexibility index (Phi) is 6.16. The molecular formula is C22H26N4O3. The van der Waals surface area contributed by atoms with Crippen molar-refractivity contribution in [1.29, 1.82) is 0 Å². The van der Waals surface area contributed by atoms with Crippen LogP contribution in [0.2, 0.25) is 0 Å². The first kappa shape index (κ1) is 20.4. The van der Waals surface area contributed by atoms with Crippen LogP contribution < -0.4 is 20.9 Å². The van der Waals surface area contributed by atoms with Gasteiger partial charge in [0.25, 0.3) is 0 Å². The third-order valence-corrected chi connectivity index (χ3v) is 4.67. The molecule has 7 heteroatoms. The van der Waals surface area contributed by atoms with Gasteiger partial charge in [0.1, 0.15) is 0 Å². The van der Waals surface area contributed by atoms with E-state index in [0.29, 0.717) is 17.9 Å². The molecule has 3 rings (SSSR count). The maximum Gasteiger partial charge on any atom is 0.319 e. The summed E-state index contributed by atoms with van der Waals surface area (Å²) in [7, 11) is 0. The van der Waals surface area contributed by atoms with Crippen LogP contribution in [0.4, 0.5) is 21.9 Å². The van der Waals surface area contributed by atoms with Crippen molar-refractivity contribution in [3.63, 3.8) is 0 Å². The van der Waals surface area contributed by atoms with Crippen LogP contribution in [0.15, 0.2) is 48.5 Å². The predicted octanol–water partition coefficient (Wildman–Crippen LogP) is 3.52. The molecule has 0 aliphatic carbocycles. The van der Waals surface area contributed by atoms with E-state index in [9.17, 15) is 14.4 Å². The lowest BCUT2D eigenvalue weighted by molar-refractivity contribution is -0.122. The molecule has 0 radical (unpaired) electrons. The zero-order valence-electron chi connectivity index (χ0n) is 16.9. The quantitative estimate of drug-likeness (QED) is 0.725. The van der Waals surface area contributed by atoms with E-state index in [1.54, 1.807) is 29.2 Å². The highest BCUT2D eigenvalue weighted by Crippen LogP contribution is 2.26. The average Bonchev–Trinajstić information content (AvgIpc) is 3.05. The third kappa shape index (κ3) is 5.34. The Morgan fingerprint density at radius 2 is 1.55 bits per heavy atom. The van der Waals surface area contributed by atoms with Crippen LogP contribution in [0.3, 0.4) is 0 Å². The maximum atomic E-state index is 12.6. The monoisotopic (exact) mass is 394 g/mol. The Balaban J connectivity index is 1.57. The van der Waals surface area contributed by atoms with Gasteiger partial charge in [-0.15, -0.1) is 0 Å². The molecule has 1 unspecified atom stereocenters. The standard InChI is InChI=1S/C22H26N4O3/c1-14(2)23-22(29)25-18-8-6-17(7-9-18)24-21(28)16-12-20(27)26(13-16)19-10-4-15(3)5-11-19/h4-11,14,16H,12-13H2,1-3H3,(H,24,28)(H2,23,25,29). The van der Waals surface area contributed by atoms with E-state index in [0.717, 1.165) is 11.3 Å². The van der Waals surface area contributed by atoms with Gasteiger partial charge in [-0.05, 0) is 57.2 Å². The number of carbonyl (C=O) groups excluding carboxylic acids is 3. The van der Waals surface area contributed by atoms with Crippen molar-refractivity contribution < 1.29 is 14.4 Å². The molecule has 7 nitrogen and oxygen atoms in total. The second kappa shape index (κ2) is 8.77. The number of hydrogen-bond acceptors (Lipinski definition) is 3. The molecular weight excluding hydrogens is 368 g/mol. The van der Waals surface area contributed by atoms with Gasteiger partial charge in [-0.1, -0.05) is 17.7 Å². The van der Waals surface area contributed by atoms with E-state index < -0.39 is 5.92 Å². The van der Waals surface area contributed by atoms with Gasteiger partial charge in [0.15, 0.2) is 0 Å². The van der Waals surface area contributed by atoms with Crippen LogP contribution in [0.5, 0.6) is 0 Å². The van der Waals surface area contributed by atoms with E-state index in [4.69, 9.17) is 0 Å². The molecule has 0 aromatic heterocycles. The first-order valence-electron chi connectivity index (χ1n) is 9.67. The highest BCUT2D eigenvalue weighted by Gasteiger charge is 2.35. The minimum atomic E-state index is -0.404. The summed E-state index contributed by atoms with van der Waals surface area (Å²) in [4.78, 5) is 38.3. The number of hydrogen-bond donors (Lipinski definition) is 3. The fraction of sp³-hybridized carbons (Fsp3) is 0.318. The molecule has 0 spiro atoms. The van der Waals surface area contributed by atoms with Crippen molar-refractivity contribution in [2.45, 2.75) is 33.2 Å². The van der Waals surface area contributed by atoms with E-state index >= 15 is 0 Å². The van der Waals surface area contributed by atoms with E-state index in [2.05, 4.69) is 16.0 Å². The number of carbonyl (C=O) groups is 3. The van der Waals surface area contributed by atoms with Crippen molar-refractivity contribution in [3.05, 3.63) is 54.1 Å². The summed E-state index contributed by atoms with van der Waals surface area (Å²) in [6, 6.07) is 14.3. The molecule has 2 aromatic rings. The number of anilines is 3. The lowest BCUT2D eigenvalue weighted by Gasteiger charge is -2.17. The fourth-order valence-electron chi connectivity index (χ4n) is 3.17. The van der Waals surface area contributed by atoms with Crippen molar-refractivity contribution >= 4 is 34.9 Å². The smallest absolute Gasteiger partial charge is 0.319 e. The molecule has 1 atom stereocenters. The molecule has 1 aliphatic heterocycles. The summed E-state index contributed by atoms with van der Waals surface area (Å²) in [6.45, 7) is 6.12. The Labute approximate surface area is 170 Å². The van der Waals surface area contributed by atoms with Gasteiger partial charge in [-0.3, -0.25) is 9.59 Å². The summed E-state index contributed by atoms with van der Waals surface area (Å²) in [5.74, 6) is -0.644. The van der Waals surface area contributed by atoms with Crippen LogP contribution in [0, 0.1) is 12.8 Å². The Morgan fingerprint density at radius 1 is 0.966 bits per heavy atom. The first-order valence-corrected chi connectivity index (χ1v) is 9.67. The van der Waals surface area contributed by atoms with Crippen LogP contribution >= 0.6 is 0 Å². The summed E-state index contributed by atoms with van der Waals surface area (Å²) in [5, 5.41) is 8.32. The highest BCUT2D eigenvalue weighted by molar-refractivity contribution is 6.03.